The Bertz CT molecular complexity index is 1030. The van der Waals surface area contributed by atoms with Crippen molar-refractivity contribution in [3.05, 3.63) is 35.7 Å². The van der Waals surface area contributed by atoms with Gasteiger partial charge in [0, 0.05) is 17.4 Å². The van der Waals surface area contributed by atoms with Gasteiger partial charge in [0.25, 0.3) is 0 Å². The van der Waals surface area contributed by atoms with Crippen molar-refractivity contribution in [2.45, 2.75) is 19.1 Å². The maximum atomic E-state index is 12.9. The third kappa shape index (κ3) is 2.56. The Morgan fingerprint density at radius 2 is 1.96 bits per heavy atom. The van der Waals surface area contributed by atoms with Crippen LogP contribution in [0.1, 0.15) is 17.2 Å². The van der Waals surface area contributed by atoms with E-state index in [4.69, 9.17) is 4.74 Å². The van der Waals surface area contributed by atoms with Crippen molar-refractivity contribution in [2.24, 2.45) is 11.8 Å². The SMILES string of the molecule is Cc1cc(C(F)(F)F)cc(O)c1-c1cnc2cn(C3[C@H]4COC[C@@H]34)nc2n1. The molecule has 140 valence electrons. The minimum atomic E-state index is -4.53. The molecule has 1 saturated heterocycles. The van der Waals surface area contributed by atoms with Crippen molar-refractivity contribution in [1.29, 1.82) is 0 Å². The van der Waals surface area contributed by atoms with Gasteiger partial charge in [0.1, 0.15) is 11.3 Å². The highest BCUT2D eigenvalue weighted by Crippen LogP contribution is 2.54. The van der Waals surface area contributed by atoms with E-state index in [9.17, 15) is 18.3 Å². The minimum Gasteiger partial charge on any atom is -0.507 e. The van der Waals surface area contributed by atoms with Gasteiger partial charge in [-0.2, -0.15) is 18.3 Å². The first-order chi connectivity index (χ1) is 12.8. The number of phenols is 1. The third-order valence-corrected chi connectivity index (χ3v) is 5.36. The molecule has 3 aromatic rings. The van der Waals surface area contributed by atoms with Crippen LogP contribution in [-0.2, 0) is 10.9 Å². The fraction of sp³-hybridized carbons (Fsp3) is 0.389. The number of aryl methyl sites for hydroxylation is 1. The fourth-order valence-electron chi connectivity index (χ4n) is 3.96. The van der Waals surface area contributed by atoms with E-state index < -0.39 is 17.5 Å². The predicted octanol–water partition coefficient (Wildman–Crippen LogP) is 3.34. The summed E-state index contributed by atoms with van der Waals surface area (Å²) in [5, 5.41) is 14.7. The molecular weight excluding hydrogens is 361 g/mol. The van der Waals surface area contributed by atoms with E-state index in [-0.39, 0.29) is 16.8 Å². The molecule has 5 rings (SSSR count). The van der Waals surface area contributed by atoms with Gasteiger partial charge in [0.15, 0.2) is 5.65 Å². The van der Waals surface area contributed by atoms with Crippen LogP contribution in [0.3, 0.4) is 0 Å². The third-order valence-electron chi connectivity index (χ3n) is 5.36. The molecule has 0 spiro atoms. The Labute approximate surface area is 151 Å². The van der Waals surface area contributed by atoms with Crippen molar-refractivity contribution in [3.63, 3.8) is 0 Å². The van der Waals surface area contributed by atoms with E-state index in [0.29, 0.717) is 35.1 Å². The molecule has 0 radical (unpaired) electrons. The topological polar surface area (TPSA) is 73.1 Å². The number of aromatic nitrogens is 4. The van der Waals surface area contributed by atoms with Crippen LogP contribution in [0, 0.1) is 18.8 Å². The largest absolute Gasteiger partial charge is 0.507 e. The van der Waals surface area contributed by atoms with Gasteiger partial charge in [-0.3, -0.25) is 4.68 Å². The molecule has 1 unspecified atom stereocenters. The number of phenolic OH excluding ortho intramolecular Hbond substituents is 1. The first kappa shape index (κ1) is 16.5. The highest BCUT2D eigenvalue weighted by atomic mass is 19.4. The van der Waals surface area contributed by atoms with E-state index in [1.807, 2.05) is 10.9 Å². The summed E-state index contributed by atoms with van der Waals surface area (Å²) in [5.41, 5.74) is 0.886. The lowest BCUT2D eigenvalue weighted by Crippen LogP contribution is -2.06. The second-order valence-electron chi connectivity index (χ2n) is 7.11. The Hall–Kier alpha value is -2.68. The quantitative estimate of drug-likeness (QED) is 0.743. The standard InChI is InChI=1S/C18H15F3N4O2/c1-8-2-9(18(19,20)21)3-14(26)15(8)12-4-22-13-5-25(24-17(13)23-12)16-10-6-27-7-11(10)16/h2-5,10-11,16,26H,6-7H2,1H3/t10-,11+,16?. The van der Waals surface area contributed by atoms with Crippen LogP contribution in [0.25, 0.3) is 22.4 Å². The van der Waals surface area contributed by atoms with Crippen LogP contribution in [0.2, 0.25) is 0 Å². The summed E-state index contributed by atoms with van der Waals surface area (Å²) in [4.78, 5) is 8.74. The second-order valence-corrected chi connectivity index (χ2v) is 7.11. The van der Waals surface area contributed by atoms with Gasteiger partial charge >= 0.3 is 6.18 Å². The highest BCUT2D eigenvalue weighted by molar-refractivity contribution is 5.77. The van der Waals surface area contributed by atoms with Crippen LogP contribution >= 0.6 is 0 Å². The van der Waals surface area contributed by atoms with Gasteiger partial charge in [0.2, 0.25) is 0 Å². The van der Waals surface area contributed by atoms with Gasteiger partial charge in [-0.25, -0.2) is 9.97 Å². The van der Waals surface area contributed by atoms with Crippen molar-refractivity contribution >= 4 is 11.2 Å². The Balaban J connectivity index is 1.54. The number of rotatable bonds is 2. The summed E-state index contributed by atoms with van der Waals surface area (Å²) < 4.78 is 46.0. The predicted molar refractivity (Wildman–Crippen MR) is 89.0 cm³/mol. The highest BCUT2D eigenvalue weighted by Gasteiger charge is 2.55. The number of ether oxygens (including phenoxy) is 1. The molecule has 0 bridgehead atoms. The Morgan fingerprint density at radius 1 is 1.22 bits per heavy atom. The summed E-state index contributed by atoms with van der Waals surface area (Å²) in [6, 6.07) is 1.99. The van der Waals surface area contributed by atoms with E-state index in [2.05, 4.69) is 15.1 Å². The van der Waals surface area contributed by atoms with Crippen molar-refractivity contribution < 1.29 is 23.0 Å². The van der Waals surface area contributed by atoms with E-state index in [0.717, 1.165) is 19.3 Å². The summed E-state index contributed by atoms with van der Waals surface area (Å²) >= 11 is 0. The smallest absolute Gasteiger partial charge is 0.416 e. The summed E-state index contributed by atoms with van der Waals surface area (Å²) in [6.45, 7) is 2.96. The molecule has 3 heterocycles. The average Bonchev–Trinajstić information content (AvgIpc) is 2.96. The first-order valence-electron chi connectivity index (χ1n) is 8.54. The molecule has 6 nitrogen and oxygen atoms in total. The number of alkyl halides is 3. The molecule has 1 aliphatic heterocycles. The molecule has 1 saturated carbocycles. The zero-order valence-corrected chi connectivity index (χ0v) is 14.2. The molecule has 2 aliphatic rings. The molecule has 1 aromatic carbocycles. The molecular formula is C18H15F3N4O2. The van der Waals surface area contributed by atoms with E-state index in [1.165, 1.54) is 13.1 Å². The molecule has 1 N–H and O–H groups in total. The molecule has 27 heavy (non-hydrogen) atoms. The maximum Gasteiger partial charge on any atom is 0.416 e. The Kier molecular flexibility index (Phi) is 3.31. The van der Waals surface area contributed by atoms with Crippen LogP contribution in [0.5, 0.6) is 5.75 Å². The number of halogens is 3. The number of benzene rings is 1. The zero-order chi connectivity index (χ0) is 18.9. The number of hydrogen-bond donors (Lipinski definition) is 1. The molecule has 9 heteroatoms. The van der Waals surface area contributed by atoms with Gasteiger partial charge in [-0.15, -0.1) is 0 Å². The number of nitrogens with zero attached hydrogens (tertiary/aromatic N) is 4. The maximum absolute atomic E-state index is 12.9. The second kappa shape index (κ2) is 5.41. The molecule has 3 atom stereocenters. The summed E-state index contributed by atoms with van der Waals surface area (Å²) in [6.07, 6.45) is -1.25. The van der Waals surface area contributed by atoms with Crippen molar-refractivity contribution in [2.75, 3.05) is 13.2 Å². The van der Waals surface area contributed by atoms with Gasteiger partial charge in [0.05, 0.1) is 42.9 Å². The Morgan fingerprint density at radius 3 is 2.63 bits per heavy atom. The van der Waals surface area contributed by atoms with Gasteiger partial charge < -0.3 is 9.84 Å². The molecule has 0 amide bonds. The van der Waals surface area contributed by atoms with Crippen LogP contribution in [0.4, 0.5) is 13.2 Å². The van der Waals surface area contributed by atoms with Gasteiger partial charge in [-0.1, -0.05) is 0 Å². The van der Waals surface area contributed by atoms with Crippen LogP contribution in [0.15, 0.2) is 24.5 Å². The lowest BCUT2D eigenvalue weighted by Gasteiger charge is -2.12. The first-order valence-corrected chi connectivity index (χ1v) is 8.54. The van der Waals surface area contributed by atoms with Crippen molar-refractivity contribution in [1.82, 2.24) is 19.7 Å². The van der Waals surface area contributed by atoms with Crippen LogP contribution < -0.4 is 0 Å². The molecule has 2 aromatic heterocycles. The normalized spacial score (nSPS) is 24.4. The zero-order valence-electron chi connectivity index (χ0n) is 14.2. The number of hydrogen-bond acceptors (Lipinski definition) is 5. The van der Waals surface area contributed by atoms with Crippen molar-refractivity contribution in [3.8, 4) is 17.0 Å². The summed E-state index contributed by atoms with van der Waals surface area (Å²) in [5.74, 6) is 0.462. The lowest BCUT2D eigenvalue weighted by molar-refractivity contribution is -0.137. The lowest BCUT2D eigenvalue weighted by atomic mass is 10.0. The van der Waals surface area contributed by atoms with Crippen LogP contribution in [-0.4, -0.2) is 38.1 Å². The molecule has 2 fully saturated rings. The monoisotopic (exact) mass is 376 g/mol. The van der Waals surface area contributed by atoms with E-state index in [1.54, 1.807) is 0 Å². The number of fused-ring (bicyclic) bond motifs is 2. The fourth-order valence-corrected chi connectivity index (χ4v) is 3.96. The number of aromatic hydroxyl groups is 1. The van der Waals surface area contributed by atoms with E-state index >= 15 is 0 Å². The molecule has 1 aliphatic carbocycles. The van der Waals surface area contributed by atoms with Gasteiger partial charge in [-0.05, 0) is 24.6 Å². The average molecular weight is 376 g/mol. The summed E-state index contributed by atoms with van der Waals surface area (Å²) in [7, 11) is 0. The minimum absolute atomic E-state index is 0.226.